The quantitative estimate of drug-likeness (QED) is 0.777. The molecule has 0 aromatic heterocycles. The summed E-state index contributed by atoms with van der Waals surface area (Å²) in [5.74, 6) is -0.245. The van der Waals surface area contributed by atoms with Crippen molar-refractivity contribution in [1.29, 1.82) is 0 Å². The molecule has 27 heavy (non-hydrogen) atoms. The van der Waals surface area contributed by atoms with Gasteiger partial charge < -0.3 is 10.2 Å². The number of nitrogens with zero attached hydrogens (tertiary/aromatic N) is 1. The minimum atomic E-state index is -3.79. The van der Waals surface area contributed by atoms with Gasteiger partial charge in [-0.15, -0.1) is 0 Å². The highest BCUT2D eigenvalue weighted by Gasteiger charge is 2.31. The van der Waals surface area contributed by atoms with E-state index < -0.39 is 10.0 Å². The molecule has 0 aliphatic carbocycles. The summed E-state index contributed by atoms with van der Waals surface area (Å²) in [6, 6.07) is 15.1. The molecule has 2 aromatic carbocycles. The number of carbonyl (C=O) groups is 2. The zero-order valence-corrected chi connectivity index (χ0v) is 15.5. The number of rotatable bonds is 6. The van der Waals surface area contributed by atoms with Gasteiger partial charge in [0.05, 0.1) is 4.90 Å². The van der Waals surface area contributed by atoms with E-state index in [4.69, 9.17) is 5.14 Å². The van der Waals surface area contributed by atoms with Gasteiger partial charge in [-0.05, 0) is 36.2 Å². The van der Waals surface area contributed by atoms with Crippen molar-refractivity contribution >= 4 is 21.8 Å². The van der Waals surface area contributed by atoms with Crippen molar-refractivity contribution in [2.24, 2.45) is 5.14 Å². The molecule has 0 radical (unpaired) electrons. The van der Waals surface area contributed by atoms with Crippen LogP contribution < -0.4 is 10.5 Å². The first-order chi connectivity index (χ1) is 12.8. The van der Waals surface area contributed by atoms with Crippen LogP contribution in [0, 0.1) is 0 Å². The summed E-state index contributed by atoms with van der Waals surface area (Å²) in [5, 5.41) is 7.87. The van der Waals surface area contributed by atoms with E-state index in [-0.39, 0.29) is 22.8 Å². The van der Waals surface area contributed by atoms with Crippen molar-refractivity contribution in [2.75, 3.05) is 6.54 Å². The highest BCUT2D eigenvalue weighted by molar-refractivity contribution is 7.89. The summed E-state index contributed by atoms with van der Waals surface area (Å²) in [6.07, 6.45) is 1.16. The Kier molecular flexibility index (Phi) is 5.57. The van der Waals surface area contributed by atoms with E-state index >= 15 is 0 Å². The van der Waals surface area contributed by atoms with E-state index in [1.54, 1.807) is 4.90 Å². The van der Waals surface area contributed by atoms with E-state index in [0.717, 1.165) is 5.56 Å². The maximum Gasteiger partial charge on any atom is 0.251 e. The van der Waals surface area contributed by atoms with Gasteiger partial charge in [0, 0.05) is 31.1 Å². The van der Waals surface area contributed by atoms with Gasteiger partial charge in [0.15, 0.2) is 0 Å². The maximum atomic E-state index is 12.3. The summed E-state index contributed by atoms with van der Waals surface area (Å²) in [5.41, 5.74) is 1.38. The van der Waals surface area contributed by atoms with Gasteiger partial charge in [0.2, 0.25) is 15.9 Å². The second-order valence-electron chi connectivity index (χ2n) is 6.48. The van der Waals surface area contributed by atoms with Crippen LogP contribution in [-0.4, -0.2) is 37.7 Å². The normalized spacial score (nSPS) is 17.1. The van der Waals surface area contributed by atoms with Crippen LogP contribution in [-0.2, 0) is 21.4 Å². The molecule has 0 saturated carbocycles. The zero-order valence-electron chi connectivity index (χ0n) is 14.7. The number of likely N-dealkylation sites (tertiary alicyclic amines) is 1. The fourth-order valence-electron chi connectivity index (χ4n) is 3.11. The van der Waals surface area contributed by atoms with Crippen molar-refractivity contribution in [3.8, 4) is 0 Å². The molecule has 2 aromatic rings. The maximum absolute atomic E-state index is 12.3. The van der Waals surface area contributed by atoms with Crippen molar-refractivity contribution < 1.29 is 18.0 Å². The van der Waals surface area contributed by atoms with Gasteiger partial charge in [0.25, 0.3) is 5.91 Å². The van der Waals surface area contributed by atoms with Crippen molar-refractivity contribution in [3.63, 3.8) is 0 Å². The molecule has 1 aliphatic rings. The topological polar surface area (TPSA) is 110 Å². The monoisotopic (exact) mass is 387 g/mol. The molecule has 1 fully saturated rings. The molecule has 1 atom stereocenters. The Morgan fingerprint density at radius 2 is 1.78 bits per heavy atom. The molecule has 0 bridgehead atoms. The SMILES string of the molecule is NS(=O)(=O)c1ccc(C(=O)NC[C@@H]2CCC(=O)N2Cc2ccccc2)cc1. The third kappa shape index (κ3) is 4.72. The minimum absolute atomic E-state index is 0.0468. The standard InChI is InChI=1S/C19H21N3O4S/c20-27(25,26)17-9-6-15(7-10-17)19(24)21-12-16-8-11-18(23)22(16)13-14-4-2-1-3-5-14/h1-7,9-10,16H,8,11-13H2,(H,21,24)(H2,20,25,26)/t16-/m0/s1. The summed E-state index contributed by atoms with van der Waals surface area (Å²) in [4.78, 5) is 26.2. The molecule has 3 N–H and O–H groups in total. The molecular formula is C19H21N3O4S. The van der Waals surface area contributed by atoms with Crippen LogP contribution in [0.1, 0.15) is 28.8 Å². The Balaban J connectivity index is 1.61. The fourth-order valence-corrected chi connectivity index (χ4v) is 3.63. The molecular weight excluding hydrogens is 366 g/mol. The third-order valence-corrected chi connectivity index (χ3v) is 5.52. The predicted octanol–water partition coefficient (Wildman–Crippen LogP) is 1.26. The molecule has 1 saturated heterocycles. The Morgan fingerprint density at radius 1 is 1.11 bits per heavy atom. The van der Waals surface area contributed by atoms with Gasteiger partial charge in [-0.2, -0.15) is 0 Å². The van der Waals surface area contributed by atoms with E-state index in [9.17, 15) is 18.0 Å². The molecule has 7 nitrogen and oxygen atoms in total. The highest BCUT2D eigenvalue weighted by atomic mass is 32.2. The molecule has 0 unspecified atom stereocenters. The molecule has 0 spiro atoms. The lowest BCUT2D eigenvalue weighted by atomic mass is 10.1. The lowest BCUT2D eigenvalue weighted by molar-refractivity contribution is -0.129. The molecule has 142 valence electrons. The van der Waals surface area contributed by atoms with Crippen LogP contribution >= 0.6 is 0 Å². The number of primary sulfonamides is 1. The van der Waals surface area contributed by atoms with Crippen molar-refractivity contribution in [1.82, 2.24) is 10.2 Å². The Bertz CT molecular complexity index is 927. The van der Waals surface area contributed by atoms with Crippen LogP contribution in [0.15, 0.2) is 59.5 Å². The van der Waals surface area contributed by atoms with Crippen LogP contribution in [0.5, 0.6) is 0 Å². The third-order valence-electron chi connectivity index (χ3n) is 4.59. The summed E-state index contributed by atoms with van der Waals surface area (Å²) in [7, 11) is -3.79. The Labute approximate surface area is 158 Å². The average Bonchev–Trinajstić information content (AvgIpc) is 3.00. The number of benzene rings is 2. The highest BCUT2D eigenvalue weighted by Crippen LogP contribution is 2.21. The fraction of sp³-hybridized carbons (Fsp3) is 0.263. The van der Waals surface area contributed by atoms with Gasteiger partial charge >= 0.3 is 0 Å². The zero-order chi connectivity index (χ0) is 19.4. The number of sulfonamides is 1. The second-order valence-corrected chi connectivity index (χ2v) is 8.04. The molecule has 8 heteroatoms. The average molecular weight is 387 g/mol. The molecule has 1 heterocycles. The summed E-state index contributed by atoms with van der Waals surface area (Å²) < 4.78 is 22.5. The second kappa shape index (κ2) is 7.89. The van der Waals surface area contributed by atoms with Gasteiger partial charge in [-0.3, -0.25) is 9.59 Å². The predicted molar refractivity (Wildman–Crippen MR) is 100 cm³/mol. The van der Waals surface area contributed by atoms with E-state index in [2.05, 4.69) is 5.32 Å². The number of nitrogens with two attached hydrogens (primary N) is 1. The molecule has 2 amide bonds. The smallest absolute Gasteiger partial charge is 0.251 e. The van der Waals surface area contributed by atoms with Crippen LogP contribution in [0.3, 0.4) is 0 Å². The van der Waals surface area contributed by atoms with Crippen molar-refractivity contribution in [2.45, 2.75) is 30.3 Å². The lowest BCUT2D eigenvalue weighted by Gasteiger charge is -2.25. The van der Waals surface area contributed by atoms with Gasteiger partial charge in [-0.25, -0.2) is 13.6 Å². The van der Waals surface area contributed by atoms with Crippen molar-refractivity contribution in [3.05, 3.63) is 65.7 Å². The molecule has 1 aliphatic heterocycles. The largest absolute Gasteiger partial charge is 0.350 e. The van der Waals surface area contributed by atoms with E-state index in [1.807, 2.05) is 30.3 Å². The number of amides is 2. The Hall–Kier alpha value is -2.71. The van der Waals surface area contributed by atoms with Crippen LogP contribution in [0.2, 0.25) is 0 Å². The molecule has 3 rings (SSSR count). The first kappa shape index (κ1) is 19.1. The van der Waals surface area contributed by atoms with Crippen LogP contribution in [0.25, 0.3) is 0 Å². The number of hydrogen-bond donors (Lipinski definition) is 2. The summed E-state index contributed by atoms with van der Waals surface area (Å²) >= 11 is 0. The first-order valence-corrected chi connectivity index (χ1v) is 10.1. The lowest BCUT2D eigenvalue weighted by Crippen LogP contribution is -2.41. The number of hydrogen-bond acceptors (Lipinski definition) is 4. The first-order valence-electron chi connectivity index (χ1n) is 8.59. The van der Waals surface area contributed by atoms with E-state index in [1.165, 1.54) is 24.3 Å². The minimum Gasteiger partial charge on any atom is -0.350 e. The Morgan fingerprint density at radius 3 is 2.41 bits per heavy atom. The number of carbonyl (C=O) groups excluding carboxylic acids is 2. The van der Waals surface area contributed by atoms with Gasteiger partial charge in [0.1, 0.15) is 0 Å². The van der Waals surface area contributed by atoms with Gasteiger partial charge in [-0.1, -0.05) is 30.3 Å². The van der Waals surface area contributed by atoms with Crippen LogP contribution in [0.4, 0.5) is 0 Å². The summed E-state index contributed by atoms with van der Waals surface area (Å²) in [6.45, 7) is 0.859. The number of nitrogens with one attached hydrogen (secondary N) is 1. The van der Waals surface area contributed by atoms with E-state index in [0.29, 0.717) is 31.5 Å².